The maximum Gasteiger partial charge on any atom is 0.255 e. The number of anilines is 1. The molecule has 1 fully saturated rings. The first kappa shape index (κ1) is 13.5. The van der Waals surface area contributed by atoms with Gasteiger partial charge in [0, 0.05) is 16.8 Å². The Bertz CT molecular complexity index is 688. The molecule has 0 aliphatic heterocycles. The summed E-state index contributed by atoms with van der Waals surface area (Å²) >= 11 is 0. The van der Waals surface area contributed by atoms with E-state index in [1.807, 2.05) is 24.3 Å². The summed E-state index contributed by atoms with van der Waals surface area (Å²) in [7, 11) is 0. The van der Waals surface area contributed by atoms with E-state index in [0.29, 0.717) is 28.4 Å². The highest BCUT2D eigenvalue weighted by Crippen LogP contribution is 2.39. The Hall–Kier alpha value is -2.49. The van der Waals surface area contributed by atoms with Crippen LogP contribution in [0.5, 0.6) is 0 Å². The molecule has 1 saturated carbocycles. The first-order valence-electron chi connectivity index (χ1n) is 7.03. The van der Waals surface area contributed by atoms with E-state index in [2.05, 4.69) is 10.5 Å². The maximum atomic E-state index is 12.2. The molecule has 2 aromatic rings. The molecule has 0 spiro atoms. The van der Waals surface area contributed by atoms with Gasteiger partial charge in [-0.05, 0) is 60.7 Å². The van der Waals surface area contributed by atoms with Crippen molar-refractivity contribution in [2.24, 2.45) is 5.18 Å². The van der Waals surface area contributed by atoms with E-state index in [-0.39, 0.29) is 5.91 Å². The predicted molar refractivity (Wildman–Crippen MR) is 83.0 cm³/mol. The number of carbonyl (C=O) groups is 1. The lowest BCUT2D eigenvalue weighted by Crippen LogP contribution is -2.12. The summed E-state index contributed by atoms with van der Waals surface area (Å²) in [6.45, 7) is 1.77. The summed E-state index contributed by atoms with van der Waals surface area (Å²) in [5.74, 6) is 0.503. The lowest BCUT2D eigenvalue weighted by Gasteiger charge is -2.09. The van der Waals surface area contributed by atoms with E-state index in [1.165, 1.54) is 18.4 Å². The molecular weight excluding hydrogens is 264 g/mol. The molecule has 4 nitrogen and oxygen atoms in total. The van der Waals surface area contributed by atoms with Crippen LogP contribution in [0.1, 0.15) is 40.2 Å². The molecule has 1 amide bonds. The van der Waals surface area contributed by atoms with Crippen LogP contribution in [0.3, 0.4) is 0 Å². The first-order chi connectivity index (χ1) is 10.2. The molecule has 0 aromatic heterocycles. The number of hydrogen-bond donors (Lipinski definition) is 1. The van der Waals surface area contributed by atoms with Crippen LogP contribution in [-0.2, 0) is 0 Å². The fourth-order valence-corrected chi connectivity index (χ4v) is 2.38. The normalized spacial score (nSPS) is 13.8. The van der Waals surface area contributed by atoms with Crippen molar-refractivity contribution in [3.05, 3.63) is 64.1 Å². The number of carbonyl (C=O) groups excluding carboxylic acids is 1. The third-order valence-electron chi connectivity index (χ3n) is 3.87. The summed E-state index contributed by atoms with van der Waals surface area (Å²) in [5, 5.41) is 5.78. The van der Waals surface area contributed by atoms with Gasteiger partial charge in [-0.2, -0.15) is 0 Å². The minimum absolute atomic E-state index is 0.177. The molecule has 2 aromatic carbocycles. The van der Waals surface area contributed by atoms with Crippen molar-refractivity contribution in [2.45, 2.75) is 25.7 Å². The van der Waals surface area contributed by atoms with Crippen molar-refractivity contribution in [3.8, 4) is 0 Å². The largest absolute Gasteiger partial charge is 0.322 e. The fraction of sp³-hybridized carbons (Fsp3) is 0.235. The minimum Gasteiger partial charge on any atom is -0.322 e. The number of benzene rings is 2. The van der Waals surface area contributed by atoms with E-state index < -0.39 is 0 Å². The van der Waals surface area contributed by atoms with Gasteiger partial charge in [0.2, 0.25) is 0 Å². The second-order valence-electron chi connectivity index (χ2n) is 5.39. The molecule has 0 heterocycles. The molecule has 106 valence electrons. The van der Waals surface area contributed by atoms with Gasteiger partial charge in [-0.25, -0.2) is 0 Å². The van der Waals surface area contributed by atoms with Gasteiger partial charge >= 0.3 is 0 Å². The van der Waals surface area contributed by atoms with Gasteiger partial charge in [0.1, 0.15) is 5.69 Å². The van der Waals surface area contributed by atoms with E-state index in [1.54, 1.807) is 25.1 Å². The molecule has 1 N–H and O–H groups in total. The Morgan fingerprint density at radius 3 is 2.48 bits per heavy atom. The van der Waals surface area contributed by atoms with Gasteiger partial charge in [0.05, 0.1) is 0 Å². The Morgan fingerprint density at radius 2 is 1.86 bits per heavy atom. The Balaban J connectivity index is 1.78. The average Bonchev–Trinajstić information content (AvgIpc) is 3.34. The van der Waals surface area contributed by atoms with Gasteiger partial charge in [0.25, 0.3) is 5.91 Å². The number of hydrogen-bond acceptors (Lipinski definition) is 3. The van der Waals surface area contributed by atoms with Gasteiger partial charge in [-0.3, -0.25) is 4.79 Å². The summed E-state index contributed by atoms with van der Waals surface area (Å²) in [6.07, 6.45) is 2.49. The Morgan fingerprint density at radius 1 is 1.14 bits per heavy atom. The zero-order valence-electron chi connectivity index (χ0n) is 11.8. The summed E-state index contributed by atoms with van der Waals surface area (Å²) in [5.41, 5.74) is 3.55. The fourth-order valence-electron chi connectivity index (χ4n) is 2.38. The Labute approximate surface area is 123 Å². The average molecular weight is 280 g/mol. The molecule has 0 radical (unpaired) electrons. The van der Waals surface area contributed by atoms with Crippen LogP contribution >= 0.6 is 0 Å². The molecule has 0 unspecified atom stereocenters. The minimum atomic E-state index is -0.177. The molecule has 0 atom stereocenters. The third-order valence-corrected chi connectivity index (χ3v) is 3.87. The van der Waals surface area contributed by atoms with Crippen molar-refractivity contribution in [1.82, 2.24) is 0 Å². The second kappa shape index (κ2) is 5.48. The predicted octanol–water partition coefficient (Wildman–Crippen LogP) is 4.52. The van der Waals surface area contributed by atoms with Crippen LogP contribution in [0.15, 0.2) is 47.6 Å². The topological polar surface area (TPSA) is 58.5 Å². The summed E-state index contributed by atoms with van der Waals surface area (Å²) < 4.78 is 0. The third kappa shape index (κ3) is 2.84. The molecule has 4 heteroatoms. The van der Waals surface area contributed by atoms with E-state index >= 15 is 0 Å². The van der Waals surface area contributed by atoms with Crippen molar-refractivity contribution >= 4 is 17.3 Å². The molecular formula is C17H16N2O2. The van der Waals surface area contributed by atoms with Crippen LogP contribution in [0.4, 0.5) is 11.4 Å². The number of amides is 1. The van der Waals surface area contributed by atoms with Gasteiger partial charge < -0.3 is 5.32 Å². The zero-order valence-corrected chi connectivity index (χ0v) is 11.8. The number of nitrogens with one attached hydrogen (secondary N) is 1. The molecule has 0 bridgehead atoms. The number of rotatable bonds is 4. The van der Waals surface area contributed by atoms with Gasteiger partial charge in [-0.1, -0.05) is 18.2 Å². The molecule has 21 heavy (non-hydrogen) atoms. The van der Waals surface area contributed by atoms with Gasteiger partial charge in [-0.15, -0.1) is 4.91 Å². The smallest absolute Gasteiger partial charge is 0.255 e. The number of nitrogens with zero attached hydrogens (tertiary/aromatic N) is 1. The van der Waals surface area contributed by atoms with Gasteiger partial charge in [0.15, 0.2) is 0 Å². The van der Waals surface area contributed by atoms with Crippen molar-refractivity contribution in [3.63, 3.8) is 0 Å². The monoisotopic (exact) mass is 280 g/mol. The Kier molecular flexibility index (Phi) is 3.52. The number of nitroso groups, excluding NO2 is 1. The summed E-state index contributed by atoms with van der Waals surface area (Å²) in [4.78, 5) is 22.9. The van der Waals surface area contributed by atoms with E-state index in [4.69, 9.17) is 0 Å². The lowest BCUT2D eigenvalue weighted by molar-refractivity contribution is 0.102. The van der Waals surface area contributed by atoms with Crippen molar-refractivity contribution < 1.29 is 4.79 Å². The zero-order chi connectivity index (χ0) is 14.8. The molecule has 3 rings (SSSR count). The van der Waals surface area contributed by atoms with Crippen LogP contribution in [0.2, 0.25) is 0 Å². The van der Waals surface area contributed by atoms with Crippen molar-refractivity contribution in [1.29, 1.82) is 0 Å². The lowest BCUT2D eigenvalue weighted by atomic mass is 10.1. The highest BCUT2D eigenvalue weighted by Gasteiger charge is 2.23. The van der Waals surface area contributed by atoms with Crippen LogP contribution < -0.4 is 5.32 Å². The molecule has 1 aliphatic carbocycles. The molecule has 1 aliphatic rings. The highest BCUT2D eigenvalue weighted by molar-refractivity contribution is 6.04. The highest BCUT2D eigenvalue weighted by atomic mass is 16.3. The SMILES string of the molecule is Cc1c(N=O)cccc1NC(=O)c1ccc(C2CC2)cc1. The molecule has 0 saturated heterocycles. The van der Waals surface area contributed by atoms with Crippen LogP contribution in [0.25, 0.3) is 0 Å². The van der Waals surface area contributed by atoms with Crippen molar-refractivity contribution in [2.75, 3.05) is 5.32 Å². The second-order valence-corrected chi connectivity index (χ2v) is 5.39. The van der Waals surface area contributed by atoms with E-state index in [0.717, 1.165) is 0 Å². The van der Waals surface area contributed by atoms with E-state index in [9.17, 15) is 9.70 Å². The summed E-state index contributed by atoms with van der Waals surface area (Å²) in [6, 6.07) is 12.8. The standard InChI is InChI=1S/C17H16N2O2/c1-11-15(3-2-4-16(11)19-21)18-17(20)14-9-7-13(8-10-14)12-5-6-12/h2-4,7-10,12H,5-6H2,1H3,(H,18,20). The first-order valence-corrected chi connectivity index (χ1v) is 7.03. The maximum absolute atomic E-state index is 12.2. The van der Waals surface area contributed by atoms with Crippen LogP contribution in [-0.4, -0.2) is 5.91 Å². The van der Waals surface area contributed by atoms with Crippen LogP contribution in [0, 0.1) is 11.8 Å². The quantitative estimate of drug-likeness (QED) is 0.837.